The smallest absolute Gasteiger partial charge is 0.259 e. The number of hydrazine groups is 1. The molecule has 0 aliphatic rings. The summed E-state index contributed by atoms with van der Waals surface area (Å²) in [5.74, 6) is 4.62. The number of amides is 1. The molecule has 0 spiro atoms. The molecule has 1 aromatic carbocycles. The molecular weight excluding hydrogens is 216 g/mol. The molecule has 0 unspecified atom stereocenters. The van der Waals surface area contributed by atoms with Crippen LogP contribution in [0.3, 0.4) is 0 Å². The van der Waals surface area contributed by atoms with Crippen LogP contribution in [0.5, 0.6) is 0 Å². The number of carbonyl (C=O) groups is 1. The molecule has 0 aliphatic heterocycles. The van der Waals surface area contributed by atoms with Gasteiger partial charge in [-0.3, -0.25) is 10.2 Å². The van der Waals surface area contributed by atoms with E-state index < -0.39 is 0 Å². The minimum Gasteiger partial charge on any atom is -0.367 e. The fraction of sp³-hybridized carbons (Fsp3) is 0.462. The third-order valence-electron chi connectivity index (χ3n) is 2.48. The molecule has 17 heavy (non-hydrogen) atoms. The lowest BCUT2D eigenvalue weighted by Gasteiger charge is -2.19. The Hall–Kier alpha value is -1.39. The van der Waals surface area contributed by atoms with E-state index in [2.05, 4.69) is 32.9 Å². The molecule has 1 rings (SSSR count). The van der Waals surface area contributed by atoms with Gasteiger partial charge in [0.25, 0.3) is 5.91 Å². The summed E-state index contributed by atoms with van der Waals surface area (Å²) in [4.78, 5) is 10.8. The SMILES string of the molecule is CC(C)(C)c1ccc(COCC(=O)NN)cc1. The molecule has 0 saturated heterocycles. The number of carbonyl (C=O) groups excluding carboxylic acids is 1. The summed E-state index contributed by atoms with van der Waals surface area (Å²) < 4.78 is 5.21. The van der Waals surface area contributed by atoms with E-state index >= 15 is 0 Å². The monoisotopic (exact) mass is 236 g/mol. The van der Waals surface area contributed by atoms with Crippen LogP contribution in [0.4, 0.5) is 0 Å². The summed E-state index contributed by atoms with van der Waals surface area (Å²) in [6.07, 6.45) is 0. The Balaban J connectivity index is 2.49. The van der Waals surface area contributed by atoms with Gasteiger partial charge in [0.15, 0.2) is 0 Å². The van der Waals surface area contributed by atoms with Crippen molar-refractivity contribution in [2.24, 2.45) is 5.84 Å². The minimum absolute atomic E-state index is 0.0163. The predicted octanol–water partition coefficient (Wildman–Crippen LogP) is 1.49. The molecular formula is C13H20N2O2. The Labute approximate surface area is 102 Å². The number of hydrogen-bond acceptors (Lipinski definition) is 3. The summed E-state index contributed by atoms with van der Waals surface area (Å²) >= 11 is 0. The molecule has 0 atom stereocenters. The van der Waals surface area contributed by atoms with E-state index in [1.807, 2.05) is 17.6 Å². The second-order valence-corrected chi connectivity index (χ2v) is 5.01. The van der Waals surface area contributed by atoms with Gasteiger partial charge in [0, 0.05) is 0 Å². The highest BCUT2D eigenvalue weighted by Crippen LogP contribution is 2.22. The van der Waals surface area contributed by atoms with Crippen LogP contribution in [0, 0.1) is 0 Å². The van der Waals surface area contributed by atoms with Gasteiger partial charge in [0.05, 0.1) is 6.61 Å². The summed E-state index contributed by atoms with van der Waals surface area (Å²) in [6.45, 7) is 6.91. The van der Waals surface area contributed by atoms with Gasteiger partial charge in [0.2, 0.25) is 0 Å². The lowest BCUT2D eigenvalue weighted by atomic mass is 9.87. The van der Waals surface area contributed by atoms with Crippen LogP contribution >= 0.6 is 0 Å². The maximum Gasteiger partial charge on any atom is 0.259 e. The number of nitrogens with two attached hydrogens (primary N) is 1. The highest BCUT2D eigenvalue weighted by atomic mass is 16.5. The van der Waals surface area contributed by atoms with Gasteiger partial charge in [-0.05, 0) is 16.5 Å². The molecule has 0 aromatic heterocycles. The largest absolute Gasteiger partial charge is 0.367 e. The quantitative estimate of drug-likeness (QED) is 0.473. The molecule has 1 aromatic rings. The van der Waals surface area contributed by atoms with E-state index in [0.717, 1.165) is 5.56 Å². The van der Waals surface area contributed by atoms with E-state index in [4.69, 9.17) is 10.6 Å². The first kappa shape index (κ1) is 13.7. The molecule has 1 amide bonds. The van der Waals surface area contributed by atoms with Gasteiger partial charge >= 0.3 is 0 Å². The summed E-state index contributed by atoms with van der Waals surface area (Å²) in [6, 6.07) is 8.20. The number of benzene rings is 1. The van der Waals surface area contributed by atoms with Crippen molar-refractivity contribution in [3.63, 3.8) is 0 Å². The van der Waals surface area contributed by atoms with Crippen LogP contribution < -0.4 is 11.3 Å². The van der Waals surface area contributed by atoms with Gasteiger partial charge < -0.3 is 4.74 Å². The Kier molecular flexibility index (Phi) is 4.66. The van der Waals surface area contributed by atoms with Gasteiger partial charge in [-0.25, -0.2) is 5.84 Å². The van der Waals surface area contributed by atoms with Crippen LogP contribution in [0.1, 0.15) is 31.9 Å². The second-order valence-electron chi connectivity index (χ2n) is 5.01. The van der Waals surface area contributed by atoms with E-state index in [-0.39, 0.29) is 17.9 Å². The van der Waals surface area contributed by atoms with Crippen LogP contribution in [0.15, 0.2) is 24.3 Å². The van der Waals surface area contributed by atoms with E-state index in [1.54, 1.807) is 0 Å². The Morgan fingerprint density at radius 1 is 1.29 bits per heavy atom. The number of ether oxygens (including phenoxy) is 1. The van der Waals surface area contributed by atoms with E-state index in [0.29, 0.717) is 6.61 Å². The zero-order chi connectivity index (χ0) is 12.9. The molecule has 0 aliphatic carbocycles. The van der Waals surface area contributed by atoms with Crippen molar-refractivity contribution in [3.8, 4) is 0 Å². The summed E-state index contributed by atoms with van der Waals surface area (Å²) in [7, 11) is 0. The number of nitrogens with one attached hydrogen (secondary N) is 1. The maximum absolute atomic E-state index is 10.8. The third-order valence-corrected chi connectivity index (χ3v) is 2.48. The molecule has 4 heteroatoms. The predicted molar refractivity (Wildman–Crippen MR) is 67.1 cm³/mol. The first-order valence-corrected chi connectivity index (χ1v) is 5.60. The van der Waals surface area contributed by atoms with Crippen molar-refractivity contribution in [1.82, 2.24) is 5.43 Å². The zero-order valence-electron chi connectivity index (χ0n) is 10.6. The van der Waals surface area contributed by atoms with Crippen LogP contribution in [-0.4, -0.2) is 12.5 Å². The van der Waals surface area contributed by atoms with E-state index in [1.165, 1.54) is 5.56 Å². The van der Waals surface area contributed by atoms with Gasteiger partial charge in [-0.1, -0.05) is 45.0 Å². The highest BCUT2D eigenvalue weighted by Gasteiger charge is 2.12. The fourth-order valence-electron chi connectivity index (χ4n) is 1.40. The zero-order valence-corrected chi connectivity index (χ0v) is 10.6. The molecule has 3 N–H and O–H groups in total. The number of rotatable bonds is 4. The minimum atomic E-state index is -0.323. The van der Waals surface area contributed by atoms with Crippen LogP contribution in [0.2, 0.25) is 0 Å². The van der Waals surface area contributed by atoms with Crippen molar-refractivity contribution in [3.05, 3.63) is 35.4 Å². The Bertz CT molecular complexity index is 366. The van der Waals surface area contributed by atoms with Crippen LogP contribution in [-0.2, 0) is 21.6 Å². The average Bonchev–Trinajstić information content (AvgIpc) is 2.28. The Morgan fingerprint density at radius 2 is 1.88 bits per heavy atom. The lowest BCUT2D eigenvalue weighted by Crippen LogP contribution is -2.33. The van der Waals surface area contributed by atoms with Gasteiger partial charge in [0.1, 0.15) is 6.61 Å². The molecule has 0 saturated carbocycles. The molecule has 0 heterocycles. The number of hydrogen-bond donors (Lipinski definition) is 2. The normalized spacial score (nSPS) is 11.3. The molecule has 4 nitrogen and oxygen atoms in total. The van der Waals surface area contributed by atoms with Crippen molar-refractivity contribution >= 4 is 5.91 Å². The van der Waals surface area contributed by atoms with Crippen molar-refractivity contribution in [2.45, 2.75) is 32.8 Å². The second kappa shape index (κ2) is 5.80. The standard InChI is InChI=1S/C13H20N2O2/c1-13(2,3)11-6-4-10(5-7-11)8-17-9-12(16)15-14/h4-7H,8-9,14H2,1-3H3,(H,15,16). The Morgan fingerprint density at radius 3 is 2.35 bits per heavy atom. The highest BCUT2D eigenvalue weighted by molar-refractivity contribution is 5.76. The first-order chi connectivity index (χ1) is 7.93. The lowest BCUT2D eigenvalue weighted by molar-refractivity contribution is -0.126. The molecule has 94 valence electrons. The molecule has 0 bridgehead atoms. The average molecular weight is 236 g/mol. The van der Waals surface area contributed by atoms with Gasteiger partial charge in [-0.2, -0.15) is 0 Å². The van der Waals surface area contributed by atoms with Gasteiger partial charge in [-0.15, -0.1) is 0 Å². The topological polar surface area (TPSA) is 64.3 Å². The van der Waals surface area contributed by atoms with Crippen molar-refractivity contribution < 1.29 is 9.53 Å². The first-order valence-electron chi connectivity index (χ1n) is 5.60. The fourth-order valence-corrected chi connectivity index (χ4v) is 1.40. The van der Waals surface area contributed by atoms with Crippen molar-refractivity contribution in [2.75, 3.05) is 6.61 Å². The summed E-state index contributed by atoms with van der Waals surface area (Å²) in [5.41, 5.74) is 4.49. The van der Waals surface area contributed by atoms with E-state index in [9.17, 15) is 4.79 Å². The molecule has 0 radical (unpaired) electrons. The molecule has 0 fully saturated rings. The van der Waals surface area contributed by atoms with Crippen LogP contribution in [0.25, 0.3) is 0 Å². The third kappa shape index (κ3) is 4.54. The summed E-state index contributed by atoms with van der Waals surface area (Å²) in [5, 5.41) is 0. The maximum atomic E-state index is 10.8. The van der Waals surface area contributed by atoms with Crippen molar-refractivity contribution in [1.29, 1.82) is 0 Å².